The van der Waals surface area contributed by atoms with Crippen molar-refractivity contribution in [3.8, 4) is 6.07 Å². The fourth-order valence-electron chi connectivity index (χ4n) is 1.01. The summed E-state index contributed by atoms with van der Waals surface area (Å²) in [6.45, 7) is -0.454. The first-order valence-corrected chi connectivity index (χ1v) is 5.85. The van der Waals surface area contributed by atoms with Crippen LogP contribution in [0.2, 0.25) is 0 Å². The van der Waals surface area contributed by atoms with E-state index in [1.165, 1.54) is 12.1 Å². The molecule has 0 bridgehead atoms. The summed E-state index contributed by atoms with van der Waals surface area (Å²) in [6, 6.07) is 8.14. The van der Waals surface area contributed by atoms with Crippen molar-refractivity contribution in [2.45, 2.75) is 0 Å². The molecule has 2 N–H and O–H groups in total. The molecule has 0 aliphatic heterocycles. The molecule has 80 valence electrons. The molecular weight excluding hydrogens is 216 g/mol. The number of hydrogen-bond acceptors (Lipinski definition) is 4. The van der Waals surface area contributed by atoms with E-state index < -0.39 is 16.6 Å². The second-order valence-corrected chi connectivity index (χ2v) is 4.64. The number of para-hydroxylation sites is 1. The van der Waals surface area contributed by atoms with Crippen molar-refractivity contribution in [3.05, 3.63) is 29.8 Å². The maximum Gasteiger partial charge on any atom is 0.235 e. The molecule has 0 aliphatic rings. The van der Waals surface area contributed by atoms with Crippen LogP contribution in [0.1, 0.15) is 5.56 Å². The van der Waals surface area contributed by atoms with Gasteiger partial charge in [-0.25, -0.2) is 8.42 Å². The van der Waals surface area contributed by atoms with E-state index in [-0.39, 0.29) is 17.0 Å². The van der Waals surface area contributed by atoms with E-state index in [2.05, 4.69) is 4.72 Å². The lowest BCUT2D eigenvalue weighted by Crippen LogP contribution is -2.19. The van der Waals surface area contributed by atoms with Crippen LogP contribution in [-0.4, -0.2) is 25.9 Å². The fraction of sp³-hybridized carbons (Fsp3) is 0.222. The molecule has 6 heteroatoms. The highest BCUT2D eigenvalue weighted by Crippen LogP contribution is 2.14. The van der Waals surface area contributed by atoms with Gasteiger partial charge in [0.05, 0.1) is 23.6 Å². The Labute approximate surface area is 88.0 Å². The lowest BCUT2D eigenvalue weighted by molar-refractivity contribution is 0.320. The Hall–Kier alpha value is -1.58. The third-order valence-corrected chi connectivity index (χ3v) is 2.92. The zero-order valence-electron chi connectivity index (χ0n) is 7.84. The van der Waals surface area contributed by atoms with E-state index in [9.17, 15) is 8.42 Å². The predicted octanol–water partition coefficient (Wildman–Crippen LogP) is 0.292. The minimum Gasteiger partial charge on any atom is -0.395 e. The maximum absolute atomic E-state index is 11.3. The van der Waals surface area contributed by atoms with E-state index in [1.54, 1.807) is 12.1 Å². The Bertz CT molecular complexity index is 476. The van der Waals surface area contributed by atoms with Crippen LogP contribution in [0.5, 0.6) is 0 Å². The van der Waals surface area contributed by atoms with Gasteiger partial charge in [-0.3, -0.25) is 4.72 Å². The van der Waals surface area contributed by atoms with Crippen LogP contribution in [0.25, 0.3) is 0 Å². The van der Waals surface area contributed by atoms with Gasteiger partial charge in [0, 0.05) is 0 Å². The summed E-state index contributed by atoms with van der Waals surface area (Å²) in [5.41, 5.74) is 0.479. The number of aliphatic hydroxyl groups is 1. The van der Waals surface area contributed by atoms with Crippen molar-refractivity contribution in [2.75, 3.05) is 17.1 Å². The molecular formula is C9H10N2O3S. The molecule has 0 amide bonds. The fourth-order valence-corrected chi connectivity index (χ4v) is 1.86. The summed E-state index contributed by atoms with van der Waals surface area (Å²) in [6.07, 6.45) is 0. The average molecular weight is 226 g/mol. The van der Waals surface area contributed by atoms with E-state index in [0.29, 0.717) is 0 Å². The van der Waals surface area contributed by atoms with Crippen LogP contribution in [-0.2, 0) is 10.0 Å². The standard InChI is InChI=1S/C9H10N2O3S/c10-7-8-3-1-2-4-9(8)11-15(13,14)6-5-12/h1-4,11-12H,5-6H2. The highest BCUT2D eigenvalue weighted by molar-refractivity contribution is 7.92. The molecule has 0 radical (unpaired) electrons. The lowest BCUT2D eigenvalue weighted by Gasteiger charge is -2.07. The second kappa shape index (κ2) is 4.77. The summed E-state index contributed by atoms with van der Waals surface area (Å²) in [7, 11) is -3.57. The lowest BCUT2D eigenvalue weighted by atomic mass is 10.2. The van der Waals surface area contributed by atoms with Crippen molar-refractivity contribution < 1.29 is 13.5 Å². The molecule has 0 spiro atoms. The third kappa shape index (κ3) is 3.23. The van der Waals surface area contributed by atoms with Gasteiger partial charge in [-0.1, -0.05) is 12.1 Å². The van der Waals surface area contributed by atoms with E-state index in [1.807, 2.05) is 6.07 Å². The number of rotatable bonds is 4. The normalized spacial score (nSPS) is 10.7. The Morgan fingerprint density at radius 1 is 1.40 bits per heavy atom. The number of benzene rings is 1. The minimum absolute atomic E-state index is 0.230. The van der Waals surface area contributed by atoms with Crippen molar-refractivity contribution >= 4 is 15.7 Å². The monoisotopic (exact) mass is 226 g/mol. The summed E-state index contributed by atoms with van der Waals surface area (Å²) < 4.78 is 24.8. The summed E-state index contributed by atoms with van der Waals surface area (Å²) >= 11 is 0. The van der Waals surface area contributed by atoms with Gasteiger partial charge in [0.1, 0.15) is 6.07 Å². The zero-order valence-corrected chi connectivity index (χ0v) is 8.66. The molecule has 0 unspecified atom stereocenters. The Morgan fingerprint density at radius 3 is 2.67 bits per heavy atom. The Morgan fingerprint density at radius 2 is 2.07 bits per heavy atom. The van der Waals surface area contributed by atoms with Crippen LogP contribution in [0, 0.1) is 11.3 Å². The third-order valence-electron chi connectivity index (χ3n) is 1.67. The predicted molar refractivity (Wildman–Crippen MR) is 55.7 cm³/mol. The Kier molecular flexibility index (Phi) is 3.66. The van der Waals surface area contributed by atoms with E-state index in [4.69, 9.17) is 10.4 Å². The number of aliphatic hydroxyl groups excluding tert-OH is 1. The van der Waals surface area contributed by atoms with E-state index >= 15 is 0 Å². The van der Waals surface area contributed by atoms with Crippen LogP contribution >= 0.6 is 0 Å². The van der Waals surface area contributed by atoms with Crippen LogP contribution < -0.4 is 4.72 Å². The molecule has 0 saturated heterocycles. The van der Waals surface area contributed by atoms with Gasteiger partial charge >= 0.3 is 0 Å². The SMILES string of the molecule is N#Cc1ccccc1NS(=O)(=O)CCO. The van der Waals surface area contributed by atoms with Gasteiger partial charge in [0.25, 0.3) is 0 Å². The summed E-state index contributed by atoms with van der Waals surface area (Å²) in [5.74, 6) is -0.382. The number of sulfonamides is 1. The molecule has 0 heterocycles. The first-order valence-electron chi connectivity index (χ1n) is 4.19. The first-order chi connectivity index (χ1) is 7.09. The maximum atomic E-state index is 11.3. The first kappa shape index (κ1) is 11.5. The highest BCUT2D eigenvalue weighted by Gasteiger charge is 2.11. The molecule has 0 atom stereocenters. The number of nitriles is 1. The van der Waals surface area contributed by atoms with Crippen LogP contribution in [0.3, 0.4) is 0 Å². The van der Waals surface area contributed by atoms with Gasteiger partial charge in [-0.2, -0.15) is 5.26 Å². The van der Waals surface area contributed by atoms with Crippen molar-refractivity contribution in [1.82, 2.24) is 0 Å². The van der Waals surface area contributed by atoms with Crippen molar-refractivity contribution in [3.63, 3.8) is 0 Å². The number of nitrogens with one attached hydrogen (secondary N) is 1. The van der Waals surface area contributed by atoms with Crippen LogP contribution in [0.15, 0.2) is 24.3 Å². The second-order valence-electron chi connectivity index (χ2n) is 2.80. The van der Waals surface area contributed by atoms with Gasteiger partial charge in [0.2, 0.25) is 10.0 Å². The van der Waals surface area contributed by atoms with Crippen LogP contribution in [0.4, 0.5) is 5.69 Å². The molecule has 15 heavy (non-hydrogen) atoms. The molecule has 1 aromatic carbocycles. The average Bonchev–Trinajstić information content (AvgIpc) is 2.17. The molecule has 0 aromatic heterocycles. The van der Waals surface area contributed by atoms with Crippen molar-refractivity contribution in [1.29, 1.82) is 5.26 Å². The largest absolute Gasteiger partial charge is 0.395 e. The Balaban J connectivity index is 2.96. The van der Waals surface area contributed by atoms with Gasteiger partial charge in [-0.05, 0) is 12.1 Å². The van der Waals surface area contributed by atoms with Gasteiger partial charge in [-0.15, -0.1) is 0 Å². The summed E-state index contributed by atoms with van der Waals surface area (Å²) in [5, 5.41) is 17.2. The topological polar surface area (TPSA) is 90.2 Å². The molecule has 1 aromatic rings. The number of nitrogens with zero attached hydrogens (tertiary/aromatic N) is 1. The molecule has 5 nitrogen and oxygen atoms in total. The quantitative estimate of drug-likeness (QED) is 0.772. The molecule has 0 aliphatic carbocycles. The zero-order chi connectivity index (χ0) is 11.3. The highest BCUT2D eigenvalue weighted by atomic mass is 32.2. The number of hydrogen-bond donors (Lipinski definition) is 2. The van der Waals surface area contributed by atoms with Gasteiger partial charge in [0.15, 0.2) is 0 Å². The molecule has 0 saturated carbocycles. The minimum atomic E-state index is -3.57. The van der Waals surface area contributed by atoms with E-state index in [0.717, 1.165) is 0 Å². The smallest absolute Gasteiger partial charge is 0.235 e. The molecule has 0 fully saturated rings. The molecule has 1 rings (SSSR count). The van der Waals surface area contributed by atoms with Crippen molar-refractivity contribution in [2.24, 2.45) is 0 Å². The van der Waals surface area contributed by atoms with Gasteiger partial charge < -0.3 is 5.11 Å². The number of anilines is 1. The summed E-state index contributed by atoms with van der Waals surface area (Å²) in [4.78, 5) is 0.